The van der Waals surface area contributed by atoms with Crippen LogP contribution in [0.3, 0.4) is 0 Å². The fourth-order valence-electron chi connectivity index (χ4n) is 2.19. The van der Waals surface area contributed by atoms with Crippen LogP contribution in [0.4, 0.5) is 10.1 Å². The van der Waals surface area contributed by atoms with Gasteiger partial charge < -0.3 is 31.5 Å². The third-order valence-electron chi connectivity index (χ3n) is 3.75. The summed E-state index contributed by atoms with van der Waals surface area (Å²) in [5.74, 6) is -3.54. The molecule has 10 heteroatoms. The minimum Gasteiger partial charge on any atom is -0.479 e. The quantitative estimate of drug-likeness (QED) is 0.252. The van der Waals surface area contributed by atoms with Gasteiger partial charge in [-0.15, -0.1) is 0 Å². The zero-order valence-corrected chi connectivity index (χ0v) is 17.1. The molecule has 0 radical (unpaired) electrons. The van der Waals surface area contributed by atoms with Crippen LogP contribution >= 0.6 is 11.8 Å². The Labute approximate surface area is 177 Å². The highest BCUT2D eigenvalue weighted by atomic mass is 32.2. The summed E-state index contributed by atoms with van der Waals surface area (Å²) in [6.07, 6.45) is -4.53. The fraction of sp³-hybridized carbons (Fsp3) is 0.300. The van der Waals surface area contributed by atoms with Crippen LogP contribution in [0, 0.1) is 6.92 Å². The number of aryl methyl sites for hydroxylation is 1. The summed E-state index contributed by atoms with van der Waals surface area (Å²) in [5, 5.41) is 35.6. The summed E-state index contributed by atoms with van der Waals surface area (Å²) in [4.78, 5) is 21.7. The summed E-state index contributed by atoms with van der Waals surface area (Å²) < 4.78 is 12.1. The molecule has 0 amide bonds. The van der Waals surface area contributed by atoms with E-state index in [-0.39, 0.29) is 6.67 Å². The summed E-state index contributed by atoms with van der Waals surface area (Å²) in [6.45, 7) is 2.73. The number of aliphatic hydroxyl groups excluding tert-OH is 2. The van der Waals surface area contributed by atoms with Crippen LogP contribution in [0.25, 0.3) is 0 Å². The van der Waals surface area contributed by atoms with Gasteiger partial charge in [-0.2, -0.15) is 0 Å². The van der Waals surface area contributed by atoms with E-state index in [0.29, 0.717) is 13.1 Å². The largest absolute Gasteiger partial charge is 0.479 e. The number of carboxylic acid groups (broad SMARTS) is 2. The van der Waals surface area contributed by atoms with Gasteiger partial charge in [0.15, 0.2) is 12.2 Å². The highest BCUT2D eigenvalue weighted by Gasteiger charge is 2.29. The van der Waals surface area contributed by atoms with Gasteiger partial charge in [-0.3, -0.25) is 0 Å². The van der Waals surface area contributed by atoms with Crippen molar-refractivity contribution in [3.05, 3.63) is 53.6 Å². The van der Waals surface area contributed by atoms with Crippen molar-refractivity contribution < 1.29 is 34.4 Å². The summed E-state index contributed by atoms with van der Waals surface area (Å²) in [6, 6.07) is 14.2. The summed E-state index contributed by atoms with van der Waals surface area (Å²) in [7, 11) is 0. The molecule has 0 heterocycles. The van der Waals surface area contributed by atoms with E-state index in [9.17, 15) is 14.0 Å². The lowest BCUT2D eigenvalue weighted by atomic mass is 10.2. The van der Waals surface area contributed by atoms with Crippen molar-refractivity contribution in [2.75, 3.05) is 19.0 Å². The predicted octanol–water partition coefficient (Wildman–Crippen LogP) is 1.66. The standard InChI is InChI=1S/C16H19FN2S.C4H6O6/c1-12-6-7-16(14(18)10-12)20-15-5-3-2-4-13(15)11-19-9-8-17;5-1(3(7)8)2(6)4(9)10/h2-7,10,19H,8-9,11,18H2,1H3;1-2,5-6H,(H,7,8)(H,9,10). The lowest BCUT2D eigenvalue weighted by Crippen LogP contribution is -2.39. The maximum Gasteiger partial charge on any atom is 0.335 e. The highest BCUT2D eigenvalue weighted by molar-refractivity contribution is 7.99. The van der Waals surface area contributed by atoms with Crippen LogP contribution in [-0.4, -0.2) is 57.8 Å². The molecule has 2 rings (SSSR count). The van der Waals surface area contributed by atoms with E-state index in [4.69, 9.17) is 26.2 Å². The number of hydrogen-bond acceptors (Lipinski definition) is 7. The Balaban J connectivity index is 0.000000382. The number of carbonyl (C=O) groups is 2. The number of benzene rings is 2. The molecule has 7 N–H and O–H groups in total. The first kappa shape index (κ1) is 25.4. The minimum atomic E-state index is -2.27. The molecule has 0 saturated heterocycles. The van der Waals surface area contributed by atoms with E-state index in [2.05, 4.69) is 23.5 Å². The molecular weight excluding hydrogens is 415 g/mol. The number of hydrogen-bond donors (Lipinski definition) is 6. The molecular formula is C20H25FN2O6S. The lowest BCUT2D eigenvalue weighted by molar-refractivity contribution is -0.165. The maximum atomic E-state index is 12.1. The molecule has 0 aliphatic carbocycles. The topological polar surface area (TPSA) is 153 Å². The second-order valence-corrected chi connectivity index (χ2v) is 7.27. The Hall–Kier alpha value is -2.66. The van der Waals surface area contributed by atoms with Crippen LogP contribution in [-0.2, 0) is 16.1 Å². The van der Waals surface area contributed by atoms with Gasteiger partial charge in [0.25, 0.3) is 0 Å². The number of nitrogens with one attached hydrogen (secondary N) is 1. The van der Waals surface area contributed by atoms with Gasteiger partial charge in [-0.1, -0.05) is 36.0 Å². The van der Waals surface area contributed by atoms with E-state index >= 15 is 0 Å². The Kier molecular flexibility index (Phi) is 10.8. The van der Waals surface area contributed by atoms with Crippen LogP contribution in [0.2, 0.25) is 0 Å². The lowest BCUT2D eigenvalue weighted by Gasteiger charge is -2.11. The van der Waals surface area contributed by atoms with Crippen LogP contribution in [0.15, 0.2) is 52.3 Å². The van der Waals surface area contributed by atoms with Crippen molar-refractivity contribution in [2.24, 2.45) is 0 Å². The van der Waals surface area contributed by atoms with Crippen molar-refractivity contribution in [2.45, 2.75) is 35.5 Å². The summed E-state index contributed by atoms with van der Waals surface area (Å²) >= 11 is 1.65. The van der Waals surface area contributed by atoms with Crippen molar-refractivity contribution in [3.8, 4) is 0 Å². The minimum absolute atomic E-state index is 0.347. The first-order valence-electron chi connectivity index (χ1n) is 8.87. The first-order valence-corrected chi connectivity index (χ1v) is 9.69. The molecule has 2 aromatic carbocycles. The van der Waals surface area contributed by atoms with Crippen molar-refractivity contribution in [1.29, 1.82) is 0 Å². The van der Waals surface area contributed by atoms with Crippen molar-refractivity contribution in [3.63, 3.8) is 0 Å². The molecule has 0 aliphatic rings. The predicted molar refractivity (Wildman–Crippen MR) is 111 cm³/mol. The number of halogens is 1. The van der Waals surface area contributed by atoms with Crippen LogP contribution < -0.4 is 11.1 Å². The van der Waals surface area contributed by atoms with E-state index < -0.39 is 24.1 Å². The average Bonchev–Trinajstić information content (AvgIpc) is 2.70. The number of nitrogens with two attached hydrogens (primary N) is 1. The van der Waals surface area contributed by atoms with Crippen LogP contribution in [0.1, 0.15) is 11.1 Å². The molecule has 2 unspecified atom stereocenters. The molecule has 8 nitrogen and oxygen atoms in total. The third-order valence-corrected chi connectivity index (χ3v) is 4.96. The van der Waals surface area contributed by atoms with Gasteiger partial charge in [-0.05, 0) is 36.2 Å². The zero-order chi connectivity index (χ0) is 22.7. The SMILES string of the molecule is Cc1ccc(Sc2ccccc2CNCCF)c(N)c1.O=C(O)C(O)C(O)C(=O)O. The smallest absolute Gasteiger partial charge is 0.335 e. The molecule has 0 fully saturated rings. The first-order chi connectivity index (χ1) is 14.2. The Morgan fingerprint density at radius 1 is 1.07 bits per heavy atom. The normalized spacial score (nSPS) is 12.4. The van der Waals surface area contributed by atoms with E-state index in [0.717, 1.165) is 26.6 Å². The highest BCUT2D eigenvalue weighted by Crippen LogP contribution is 2.34. The Bertz CT molecular complexity index is 834. The van der Waals surface area contributed by atoms with Gasteiger partial charge in [0, 0.05) is 28.6 Å². The second-order valence-electron chi connectivity index (χ2n) is 6.18. The molecule has 0 spiro atoms. The molecule has 0 aromatic heterocycles. The molecule has 30 heavy (non-hydrogen) atoms. The molecule has 0 saturated carbocycles. The molecule has 164 valence electrons. The summed E-state index contributed by atoms with van der Waals surface area (Å²) in [5.41, 5.74) is 9.16. The third kappa shape index (κ3) is 8.37. The number of aliphatic hydroxyl groups is 2. The Morgan fingerprint density at radius 2 is 1.67 bits per heavy atom. The van der Waals surface area contributed by atoms with Gasteiger partial charge in [0.05, 0.1) is 0 Å². The zero-order valence-electron chi connectivity index (χ0n) is 16.3. The van der Waals surface area contributed by atoms with E-state index in [1.165, 1.54) is 0 Å². The van der Waals surface area contributed by atoms with Gasteiger partial charge in [-0.25, -0.2) is 14.0 Å². The number of alkyl halides is 1. The van der Waals surface area contributed by atoms with Gasteiger partial charge >= 0.3 is 11.9 Å². The van der Waals surface area contributed by atoms with Crippen molar-refractivity contribution in [1.82, 2.24) is 5.32 Å². The monoisotopic (exact) mass is 440 g/mol. The number of rotatable bonds is 9. The number of anilines is 1. The second kappa shape index (κ2) is 12.8. The van der Waals surface area contributed by atoms with E-state index in [1.807, 2.05) is 31.2 Å². The Morgan fingerprint density at radius 3 is 2.20 bits per heavy atom. The molecule has 2 atom stereocenters. The van der Waals surface area contributed by atoms with E-state index in [1.54, 1.807) is 11.8 Å². The average molecular weight is 440 g/mol. The number of nitrogen functional groups attached to an aromatic ring is 1. The fourth-order valence-corrected chi connectivity index (χ4v) is 3.16. The number of carboxylic acids is 2. The van der Waals surface area contributed by atoms with Gasteiger partial charge in [0.1, 0.15) is 6.67 Å². The molecule has 0 aliphatic heterocycles. The van der Waals surface area contributed by atoms with Crippen LogP contribution in [0.5, 0.6) is 0 Å². The maximum absolute atomic E-state index is 12.1. The van der Waals surface area contributed by atoms with Crippen molar-refractivity contribution >= 4 is 29.4 Å². The number of aliphatic carboxylic acids is 2. The van der Waals surface area contributed by atoms with Gasteiger partial charge in [0.2, 0.25) is 0 Å². The molecule has 2 aromatic rings. The molecule has 0 bridgehead atoms.